The molecule has 7 heteroatoms. The molecule has 1 aromatic heterocycles. The zero-order valence-electron chi connectivity index (χ0n) is 7.18. The number of halogens is 1. The van der Waals surface area contributed by atoms with Crippen LogP contribution >= 0.6 is 27.3 Å². The molecule has 14 heavy (non-hydrogen) atoms. The molecule has 1 aromatic rings. The summed E-state index contributed by atoms with van der Waals surface area (Å²) in [6.45, 7) is 0.00838. The first-order valence-electron chi connectivity index (χ1n) is 3.80. The Labute approximate surface area is 95.1 Å². The molecule has 0 aromatic carbocycles. The molecule has 1 unspecified atom stereocenters. The Balaban J connectivity index is 2.47. The maximum atomic E-state index is 11.0. The highest BCUT2D eigenvalue weighted by Gasteiger charge is 2.13. The van der Waals surface area contributed by atoms with Gasteiger partial charge in [-0.15, -0.1) is 11.3 Å². The van der Waals surface area contributed by atoms with Crippen molar-refractivity contribution in [1.82, 2.24) is 4.72 Å². The third kappa shape index (κ3) is 3.66. The van der Waals surface area contributed by atoms with Crippen molar-refractivity contribution in [3.63, 3.8) is 0 Å². The van der Waals surface area contributed by atoms with Crippen LogP contribution in [0.1, 0.15) is 11.0 Å². The Morgan fingerprint density at radius 2 is 2.36 bits per heavy atom. The second-order valence-electron chi connectivity index (χ2n) is 2.60. The minimum absolute atomic E-state index is 0.00838. The van der Waals surface area contributed by atoms with Crippen molar-refractivity contribution >= 4 is 37.3 Å². The van der Waals surface area contributed by atoms with Gasteiger partial charge in [0.2, 0.25) is 10.0 Å². The zero-order valence-corrected chi connectivity index (χ0v) is 10.4. The molecule has 0 radical (unpaired) electrons. The highest BCUT2D eigenvalue weighted by molar-refractivity contribution is 9.10. The number of alkyl halides is 1. The molecule has 0 aliphatic rings. The average Bonchev–Trinajstić information content (AvgIpc) is 2.67. The van der Waals surface area contributed by atoms with E-state index in [9.17, 15) is 13.5 Å². The van der Waals surface area contributed by atoms with Crippen LogP contribution in [0.4, 0.5) is 0 Å². The molecular weight excluding hydrogens is 290 g/mol. The topological polar surface area (TPSA) is 66.4 Å². The summed E-state index contributed by atoms with van der Waals surface area (Å²) in [5.74, 6) is 0. The van der Waals surface area contributed by atoms with E-state index in [4.69, 9.17) is 0 Å². The van der Waals surface area contributed by atoms with Gasteiger partial charge in [-0.3, -0.25) is 0 Å². The quantitative estimate of drug-likeness (QED) is 0.799. The van der Waals surface area contributed by atoms with Gasteiger partial charge in [-0.05, 0) is 11.4 Å². The molecule has 0 saturated heterocycles. The number of sulfonamides is 1. The van der Waals surface area contributed by atoms with E-state index in [0.29, 0.717) is 0 Å². The molecule has 0 aliphatic carbocycles. The van der Waals surface area contributed by atoms with E-state index in [1.54, 1.807) is 6.07 Å². The lowest BCUT2D eigenvalue weighted by molar-refractivity contribution is 0.186. The molecule has 0 spiro atoms. The summed E-state index contributed by atoms with van der Waals surface area (Å²) in [6, 6.07) is 3.57. The summed E-state index contributed by atoms with van der Waals surface area (Å²) in [5, 5.41) is 11.4. The van der Waals surface area contributed by atoms with Crippen molar-refractivity contribution in [2.24, 2.45) is 0 Å². The highest BCUT2D eigenvalue weighted by Crippen LogP contribution is 2.17. The van der Waals surface area contributed by atoms with Crippen LogP contribution in [-0.4, -0.2) is 24.7 Å². The summed E-state index contributed by atoms with van der Waals surface area (Å²) >= 11 is 4.23. The van der Waals surface area contributed by atoms with Crippen molar-refractivity contribution in [3.8, 4) is 0 Å². The van der Waals surface area contributed by atoms with Gasteiger partial charge in [-0.2, -0.15) is 0 Å². The van der Waals surface area contributed by atoms with Crippen LogP contribution in [0, 0.1) is 0 Å². The summed E-state index contributed by atoms with van der Waals surface area (Å²) in [6.07, 6.45) is -0.774. The first kappa shape index (κ1) is 12.1. The van der Waals surface area contributed by atoms with Gasteiger partial charge >= 0.3 is 0 Å². The van der Waals surface area contributed by atoms with E-state index < -0.39 is 16.1 Å². The van der Waals surface area contributed by atoms with Gasteiger partial charge in [0.1, 0.15) is 10.8 Å². The van der Waals surface area contributed by atoms with Gasteiger partial charge in [0.15, 0.2) is 0 Å². The first-order chi connectivity index (χ1) is 6.55. The maximum Gasteiger partial charge on any atom is 0.221 e. The van der Waals surface area contributed by atoms with Crippen LogP contribution in [0.2, 0.25) is 0 Å². The number of rotatable bonds is 5. The standard InChI is InChI=1S/C7H10BrNO3S2/c8-5-14(11,12)9-4-6(10)7-2-1-3-13-7/h1-3,6,9-10H,4-5H2. The summed E-state index contributed by atoms with van der Waals surface area (Å²) in [7, 11) is -3.29. The van der Waals surface area contributed by atoms with Crippen molar-refractivity contribution in [1.29, 1.82) is 0 Å². The zero-order chi connectivity index (χ0) is 10.6. The number of aliphatic hydroxyl groups excluding tert-OH is 1. The van der Waals surface area contributed by atoms with Crippen LogP contribution in [-0.2, 0) is 10.0 Å². The van der Waals surface area contributed by atoms with Gasteiger partial charge in [0.25, 0.3) is 0 Å². The molecule has 4 nitrogen and oxygen atoms in total. The van der Waals surface area contributed by atoms with Crippen LogP contribution < -0.4 is 4.72 Å². The lowest BCUT2D eigenvalue weighted by atomic mass is 10.3. The second-order valence-corrected chi connectivity index (χ2v) is 6.69. The fraction of sp³-hybridized carbons (Fsp3) is 0.429. The largest absolute Gasteiger partial charge is 0.386 e. The minimum atomic E-state index is -3.29. The van der Waals surface area contributed by atoms with Gasteiger partial charge in [0, 0.05) is 11.4 Å². The van der Waals surface area contributed by atoms with E-state index in [1.165, 1.54) is 11.3 Å². The second kappa shape index (κ2) is 5.22. The number of aliphatic hydroxyl groups is 1. The van der Waals surface area contributed by atoms with Crippen LogP contribution in [0.3, 0.4) is 0 Å². The molecule has 1 atom stereocenters. The third-order valence-corrected chi connectivity index (χ3v) is 5.19. The number of thiophene rings is 1. The predicted molar refractivity (Wildman–Crippen MR) is 60.0 cm³/mol. The van der Waals surface area contributed by atoms with Crippen LogP contribution in [0.25, 0.3) is 0 Å². The lowest BCUT2D eigenvalue weighted by Gasteiger charge is -2.08. The SMILES string of the molecule is O=S(=O)(CBr)NCC(O)c1cccs1. The van der Waals surface area contributed by atoms with E-state index >= 15 is 0 Å². The maximum absolute atomic E-state index is 11.0. The monoisotopic (exact) mass is 299 g/mol. The van der Waals surface area contributed by atoms with E-state index in [1.807, 2.05) is 11.4 Å². The Hall–Kier alpha value is 0.0500. The number of hydrogen-bond acceptors (Lipinski definition) is 4. The number of hydrogen-bond donors (Lipinski definition) is 2. The number of nitrogens with one attached hydrogen (secondary N) is 1. The third-order valence-electron chi connectivity index (χ3n) is 1.51. The van der Waals surface area contributed by atoms with Gasteiger partial charge in [-0.1, -0.05) is 22.0 Å². The predicted octanol–water partition coefficient (Wildman–Crippen LogP) is 1.05. The Bertz CT molecular complexity index is 362. The molecule has 0 saturated carbocycles. The summed E-state index contributed by atoms with van der Waals surface area (Å²) in [5.41, 5.74) is 0. The van der Waals surface area contributed by atoms with Gasteiger partial charge in [0.05, 0.1) is 0 Å². The van der Waals surface area contributed by atoms with Gasteiger partial charge < -0.3 is 5.11 Å². The van der Waals surface area contributed by atoms with E-state index in [0.717, 1.165) is 4.88 Å². The van der Waals surface area contributed by atoms with Crippen molar-refractivity contribution < 1.29 is 13.5 Å². The molecule has 2 N–H and O–H groups in total. The normalized spacial score (nSPS) is 14.1. The smallest absolute Gasteiger partial charge is 0.221 e. The molecule has 0 amide bonds. The molecular formula is C7H10BrNO3S2. The Morgan fingerprint density at radius 1 is 1.64 bits per heavy atom. The van der Waals surface area contributed by atoms with Gasteiger partial charge in [-0.25, -0.2) is 13.1 Å². The first-order valence-corrected chi connectivity index (χ1v) is 7.45. The lowest BCUT2D eigenvalue weighted by Crippen LogP contribution is -2.28. The van der Waals surface area contributed by atoms with Crippen molar-refractivity contribution in [2.45, 2.75) is 6.10 Å². The summed E-state index contributed by atoms with van der Waals surface area (Å²) in [4.78, 5) is 0.752. The fourth-order valence-corrected chi connectivity index (χ4v) is 2.51. The molecule has 0 aliphatic heterocycles. The minimum Gasteiger partial charge on any atom is -0.386 e. The summed E-state index contributed by atoms with van der Waals surface area (Å²) < 4.78 is 24.1. The molecule has 0 fully saturated rings. The van der Waals surface area contributed by atoms with Crippen LogP contribution in [0.15, 0.2) is 17.5 Å². The highest BCUT2D eigenvalue weighted by atomic mass is 79.9. The Kier molecular flexibility index (Phi) is 4.52. The van der Waals surface area contributed by atoms with Crippen LogP contribution in [0.5, 0.6) is 0 Å². The van der Waals surface area contributed by atoms with E-state index in [2.05, 4.69) is 20.7 Å². The Morgan fingerprint density at radius 3 is 2.86 bits per heavy atom. The molecule has 1 rings (SSSR count). The fourth-order valence-electron chi connectivity index (χ4n) is 0.826. The van der Waals surface area contributed by atoms with Crippen molar-refractivity contribution in [3.05, 3.63) is 22.4 Å². The molecule has 80 valence electrons. The van der Waals surface area contributed by atoms with Crippen molar-refractivity contribution in [2.75, 3.05) is 11.2 Å². The average molecular weight is 300 g/mol. The molecule has 1 heterocycles. The van der Waals surface area contributed by atoms with E-state index in [-0.39, 0.29) is 11.2 Å². The molecule has 0 bridgehead atoms.